The minimum Gasteiger partial charge on any atom is -0.482 e. The molecule has 0 fully saturated rings. The van der Waals surface area contributed by atoms with Gasteiger partial charge in [-0.05, 0) is 24.3 Å². The van der Waals surface area contributed by atoms with E-state index in [9.17, 15) is 9.59 Å². The Hall–Kier alpha value is -2.88. The van der Waals surface area contributed by atoms with Gasteiger partial charge < -0.3 is 13.9 Å². The van der Waals surface area contributed by atoms with E-state index in [1.807, 2.05) is 18.2 Å². The number of rotatable bonds is 5. The minimum atomic E-state index is -0.628. The molecule has 0 aliphatic heterocycles. The summed E-state index contributed by atoms with van der Waals surface area (Å²) >= 11 is 0. The van der Waals surface area contributed by atoms with Crippen LogP contribution in [0.1, 0.15) is 18.3 Å². The van der Waals surface area contributed by atoms with Gasteiger partial charge in [-0.25, -0.2) is 0 Å². The van der Waals surface area contributed by atoms with Crippen LogP contribution in [0, 0.1) is 0 Å². The third kappa shape index (κ3) is 2.91. The van der Waals surface area contributed by atoms with Crippen LogP contribution < -0.4 is 10.2 Å². The summed E-state index contributed by atoms with van der Waals surface area (Å²) in [6, 6.07) is 17.5. The van der Waals surface area contributed by atoms with Crippen LogP contribution in [0.5, 0.6) is 5.75 Å². The highest BCUT2D eigenvalue weighted by Crippen LogP contribution is 2.25. The van der Waals surface area contributed by atoms with E-state index >= 15 is 0 Å². The fraction of sp³-hybridized carbons (Fsp3) is 0.111. The lowest BCUT2D eigenvalue weighted by molar-refractivity contribution is -0.109. The zero-order valence-electron chi connectivity index (χ0n) is 11.8. The van der Waals surface area contributed by atoms with E-state index in [1.54, 1.807) is 36.4 Å². The summed E-state index contributed by atoms with van der Waals surface area (Å²) in [7, 11) is 0. The molecule has 0 aliphatic carbocycles. The number of hydrogen-bond donors (Lipinski definition) is 0. The van der Waals surface area contributed by atoms with Crippen molar-refractivity contribution >= 4 is 17.3 Å². The zero-order chi connectivity index (χ0) is 15.4. The molecule has 0 spiro atoms. The molecule has 0 bridgehead atoms. The highest BCUT2D eigenvalue weighted by Gasteiger charge is 2.18. The maximum absolute atomic E-state index is 12.2. The summed E-state index contributed by atoms with van der Waals surface area (Å²) in [4.78, 5) is 23.1. The van der Waals surface area contributed by atoms with E-state index in [-0.39, 0.29) is 11.8 Å². The molecule has 3 aromatic rings. The van der Waals surface area contributed by atoms with Gasteiger partial charge in [-0.15, -0.1) is 0 Å². The van der Waals surface area contributed by atoms with Crippen LogP contribution >= 0.6 is 0 Å². The first-order valence-electron chi connectivity index (χ1n) is 6.96. The molecule has 0 amide bonds. The molecule has 110 valence electrons. The predicted octanol–water partition coefficient (Wildman–Crippen LogP) is 3.50. The Morgan fingerprint density at radius 2 is 1.77 bits per heavy atom. The maximum atomic E-state index is 12.2. The van der Waals surface area contributed by atoms with E-state index in [0.29, 0.717) is 22.5 Å². The molecule has 22 heavy (non-hydrogen) atoms. The molecule has 1 heterocycles. The predicted molar refractivity (Wildman–Crippen MR) is 83.0 cm³/mol. The van der Waals surface area contributed by atoms with Gasteiger partial charge in [0.1, 0.15) is 23.4 Å². The van der Waals surface area contributed by atoms with E-state index in [2.05, 4.69) is 0 Å². The summed E-state index contributed by atoms with van der Waals surface area (Å²) in [5, 5.41) is 0.510. The van der Waals surface area contributed by atoms with E-state index in [0.717, 1.165) is 6.29 Å². The van der Waals surface area contributed by atoms with E-state index in [4.69, 9.17) is 9.15 Å². The van der Waals surface area contributed by atoms with Crippen molar-refractivity contribution in [1.82, 2.24) is 0 Å². The van der Waals surface area contributed by atoms with Gasteiger partial charge in [-0.2, -0.15) is 0 Å². The molecule has 1 atom stereocenters. The molecule has 0 saturated carbocycles. The van der Waals surface area contributed by atoms with Crippen molar-refractivity contribution in [3.63, 3.8) is 0 Å². The smallest absolute Gasteiger partial charge is 0.193 e. The summed E-state index contributed by atoms with van der Waals surface area (Å²) in [6.07, 6.45) is 0.233. The van der Waals surface area contributed by atoms with Crippen LogP contribution in [0.25, 0.3) is 11.0 Å². The van der Waals surface area contributed by atoms with Crippen LogP contribution in [0.4, 0.5) is 0 Å². The number of ether oxygens (including phenoxy) is 1. The van der Waals surface area contributed by atoms with E-state index < -0.39 is 6.10 Å². The Bertz CT molecular complexity index is 836. The molecule has 3 rings (SSSR count). The first-order valence-corrected chi connectivity index (χ1v) is 6.96. The highest BCUT2D eigenvalue weighted by molar-refractivity contribution is 5.76. The van der Waals surface area contributed by atoms with Crippen molar-refractivity contribution in [2.24, 2.45) is 0 Å². The van der Waals surface area contributed by atoms with Gasteiger partial charge in [0, 0.05) is 12.5 Å². The van der Waals surface area contributed by atoms with Gasteiger partial charge in [0.2, 0.25) is 0 Å². The van der Waals surface area contributed by atoms with Crippen LogP contribution in [-0.4, -0.2) is 6.29 Å². The Morgan fingerprint density at radius 3 is 2.55 bits per heavy atom. The molecule has 0 radical (unpaired) electrons. The monoisotopic (exact) mass is 294 g/mol. The van der Waals surface area contributed by atoms with Gasteiger partial charge in [-0.1, -0.05) is 30.3 Å². The standard InChI is InChI=1S/C18H14O4/c19-11-10-17(21-13-6-2-1-3-7-13)18-12-15(20)14-8-4-5-9-16(14)22-18/h1-9,11-12,17H,10H2. The maximum Gasteiger partial charge on any atom is 0.193 e. The van der Waals surface area contributed by atoms with Gasteiger partial charge in [0.25, 0.3) is 0 Å². The first kappa shape index (κ1) is 14.1. The highest BCUT2D eigenvalue weighted by atomic mass is 16.5. The lowest BCUT2D eigenvalue weighted by Crippen LogP contribution is -2.12. The number of carbonyl (C=O) groups excluding carboxylic acids is 1. The lowest BCUT2D eigenvalue weighted by atomic mass is 10.1. The van der Waals surface area contributed by atoms with Crippen molar-refractivity contribution < 1.29 is 13.9 Å². The van der Waals surface area contributed by atoms with Crippen molar-refractivity contribution in [3.8, 4) is 5.75 Å². The number of aldehydes is 1. The van der Waals surface area contributed by atoms with E-state index in [1.165, 1.54) is 6.07 Å². The number of fused-ring (bicyclic) bond motifs is 1. The summed E-state index contributed by atoms with van der Waals surface area (Å²) in [6.45, 7) is 0. The third-order valence-electron chi connectivity index (χ3n) is 3.30. The third-order valence-corrected chi connectivity index (χ3v) is 3.30. The lowest BCUT2D eigenvalue weighted by Gasteiger charge is -2.16. The number of carbonyl (C=O) groups is 1. The summed E-state index contributed by atoms with van der Waals surface area (Å²) in [5.41, 5.74) is 0.335. The molecule has 0 N–H and O–H groups in total. The molecule has 4 heteroatoms. The normalized spacial score (nSPS) is 12.0. The Morgan fingerprint density at radius 1 is 1.05 bits per heavy atom. The zero-order valence-corrected chi connectivity index (χ0v) is 11.8. The Labute approximate surface area is 127 Å². The second-order valence-corrected chi connectivity index (χ2v) is 4.83. The van der Waals surface area contributed by atoms with Crippen molar-refractivity contribution in [2.75, 3.05) is 0 Å². The van der Waals surface area contributed by atoms with Crippen LogP contribution in [0.3, 0.4) is 0 Å². The molecule has 2 aromatic carbocycles. The average Bonchev–Trinajstić information content (AvgIpc) is 2.55. The average molecular weight is 294 g/mol. The second-order valence-electron chi connectivity index (χ2n) is 4.83. The number of benzene rings is 2. The summed E-state index contributed by atoms with van der Waals surface area (Å²) in [5.74, 6) is 0.963. The second kappa shape index (κ2) is 6.26. The fourth-order valence-electron chi connectivity index (χ4n) is 2.25. The van der Waals surface area contributed by atoms with Gasteiger partial charge in [0.05, 0.1) is 5.39 Å². The van der Waals surface area contributed by atoms with Gasteiger partial charge in [-0.3, -0.25) is 4.79 Å². The Balaban J connectivity index is 2.01. The van der Waals surface area contributed by atoms with Crippen LogP contribution in [-0.2, 0) is 4.79 Å². The van der Waals surface area contributed by atoms with Crippen molar-refractivity contribution in [3.05, 3.63) is 76.6 Å². The quantitative estimate of drug-likeness (QED) is 0.676. The largest absolute Gasteiger partial charge is 0.482 e. The molecule has 4 nitrogen and oxygen atoms in total. The molecule has 0 saturated heterocycles. The van der Waals surface area contributed by atoms with Crippen LogP contribution in [0.15, 0.2) is 69.9 Å². The van der Waals surface area contributed by atoms with Gasteiger partial charge >= 0.3 is 0 Å². The topological polar surface area (TPSA) is 56.5 Å². The number of para-hydroxylation sites is 2. The minimum absolute atomic E-state index is 0.107. The molecule has 0 aliphatic rings. The van der Waals surface area contributed by atoms with Crippen LogP contribution in [0.2, 0.25) is 0 Å². The number of hydrogen-bond acceptors (Lipinski definition) is 4. The molecular formula is C18H14O4. The summed E-state index contributed by atoms with van der Waals surface area (Å²) < 4.78 is 11.5. The van der Waals surface area contributed by atoms with Crippen molar-refractivity contribution in [1.29, 1.82) is 0 Å². The van der Waals surface area contributed by atoms with Gasteiger partial charge in [0.15, 0.2) is 11.5 Å². The SMILES string of the molecule is O=CCC(Oc1ccccc1)c1cc(=O)c2ccccc2o1. The molecule has 1 aromatic heterocycles. The Kier molecular flexibility index (Phi) is 4.01. The van der Waals surface area contributed by atoms with Crippen molar-refractivity contribution in [2.45, 2.75) is 12.5 Å². The first-order chi connectivity index (χ1) is 10.8. The molecular weight excluding hydrogens is 280 g/mol. The molecule has 1 unspecified atom stereocenters. The fourth-order valence-corrected chi connectivity index (χ4v) is 2.25.